The number of carbonyl (C=O) groups excluding carboxylic acids is 1. The number of hydrogen-bond acceptors (Lipinski definition) is 4. The zero-order valence-electron chi connectivity index (χ0n) is 23.2. The van der Waals surface area contributed by atoms with Crippen molar-refractivity contribution >= 4 is 40.4 Å². The fourth-order valence-corrected chi connectivity index (χ4v) is 6.89. The van der Waals surface area contributed by atoms with Gasteiger partial charge in [0, 0.05) is 51.2 Å². The first-order valence-electron chi connectivity index (χ1n) is 13.7. The van der Waals surface area contributed by atoms with Crippen LogP contribution in [-0.2, 0) is 22.5 Å². The molecule has 6 rings (SSSR count). The number of oxazole rings is 1. The molecule has 1 aliphatic heterocycles. The number of nitrogens with zero attached hydrogens (tertiary/aromatic N) is 2. The monoisotopic (exact) mass is 551 g/mol. The van der Waals surface area contributed by atoms with Gasteiger partial charge in [-0.2, -0.15) is 4.57 Å². The summed E-state index contributed by atoms with van der Waals surface area (Å²) < 4.78 is 21.8. The minimum absolute atomic E-state index is 0.0139. The van der Waals surface area contributed by atoms with Crippen molar-refractivity contribution in [2.45, 2.75) is 45.4 Å². The lowest BCUT2D eigenvalue weighted by Crippen LogP contribution is -2.34. The lowest BCUT2D eigenvalue weighted by atomic mass is 9.81. The summed E-state index contributed by atoms with van der Waals surface area (Å²) in [5.74, 6) is 1.04. The number of benzene rings is 3. The molecule has 40 heavy (non-hydrogen) atoms. The van der Waals surface area contributed by atoms with Crippen molar-refractivity contribution in [2.24, 2.45) is 0 Å². The zero-order chi connectivity index (χ0) is 28.0. The van der Waals surface area contributed by atoms with Gasteiger partial charge in [0.15, 0.2) is 5.78 Å². The van der Waals surface area contributed by atoms with Gasteiger partial charge in [-0.25, -0.2) is 4.39 Å². The highest BCUT2D eigenvalue weighted by Crippen LogP contribution is 2.50. The van der Waals surface area contributed by atoms with Crippen molar-refractivity contribution in [3.05, 3.63) is 123 Å². The standard InChI is InChI=1S/C34H32FN2O2S/c1-5-36-27-12-8-7-11-26(27)34(3,4)30(36)19-24-32(38)25(33(24)40-21-22-15-17-23(35)18-16-22)20-31-37(6-2)28-13-9-10-14-29(28)39-31/h7-20H,5-6,21H2,1-4H3/q+1. The van der Waals surface area contributed by atoms with E-state index in [1.54, 1.807) is 23.9 Å². The van der Waals surface area contributed by atoms with Crippen LogP contribution < -0.4 is 9.47 Å². The van der Waals surface area contributed by atoms with Gasteiger partial charge < -0.3 is 9.32 Å². The Bertz CT molecular complexity index is 1730. The minimum Gasteiger partial charge on any atom is -0.398 e. The number of rotatable bonds is 7. The van der Waals surface area contributed by atoms with Gasteiger partial charge in [-0.15, -0.1) is 11.8 Å². The molecule has 0 unspecified atom stereocenters. The van der Waals surface area contributed by atoms with E-state index in [1.807, 2.05) is 30.3 Å². The van der Waals surface area contributed by atoms with E-state index < -0.39 is 0 Å². The van der Waals surface area contributed by atoms with E-state index in [2.05, 4.69) is 67.5 Å². The highest BCUT2D eigenvalue weighted by molar-refractivity contribution is 8.02. The fourth-order valence-electron chi connectivity index (χ4n) is 5.78. The molecule has 202 valence electrons. The number of Topliss-reactive ketones (excluding diaryl/α,β-unsaturated/α-hetero) is 1. The van der Waals surface area contributed by atoms with Crippen molar-refractivity contribution in [3.63, 3.8) is 0 Å². The average Bonchev–Trinajstić information content (AvgIpc) is 3.43. The van der Waals surface area contributed by atoms with Gasteiger partial charge in [0.05, 0.1) is 6.08 Å². The van der Waals surface area contributed by atoms with Gasteiger partial charge in [0.25, 0.3) is 5.52 Å². The highest BCUT2D eigenvalue weighted by atomic mass is 32.2. The largest absolute Gasteiger partial charge is 0.398 e. The Morgan fingerprint density at radius 3 is 2.45 bits per heavy atom. The van der Waals surface area contributed by atoms with Crippen molar-refractivity contribution in [1.29, 1.82) is 0 Å². The lowest BCUT2D eigenvalue weighted by molar-refractivity contribution is -0.674. The van der Waals surface area contributed by atoms with Crippen LogP contribution in [0, 0.1) is 5.82 Å². The number of aromatic nitrogens is 1. The van der Waals surface area contributed by atoms with Crippen LogP contribution in [0.3, 0.4) is 0 Å². The van der Waals surface area contributed by atoms with E-state index in [-0.39, 0.29) is 17.0 Å². The van der Waals surface area contributed by atoms with Crippen molar-refractivity contribution in [1.82, 2.24) is 0 Å². The molecule has 0 fully saturated rings. The molecule has 0 saturated heterocycles. The molecule has 0 bridgehead atoms. The number of allylic oxidation sites excluding steroid dienone is 4. The van der Waals surface area contributed by atoms with Crippen molar-refractivity contribution in [2.75, 3.05) is 11.4 Å². The summed E-state index contributed by atoms with van der Waals surface area (Å²) in [7, 11) is 0. The SMILES string of the molecule is CCN1/C(=C/C2=C(SCc3ccc(F)cc3)C(=C/c3oc4ccccc4[n+]3CC)/C2=O)C(C)(C)c2ccccc21. The molecule has 3 aromatic carbocycles. The van der Waals surface area contributed by atoms with Gasteiger partial charge in [-0.1, -0.05) is 56.3 Å². The third-order valence-electron chi connectivity index (χ3n) is 7.89. The van der Waals surface area contributed by atoms with Crippen LogP contribution in [0.5, 0.6) is 0 Å². The molecule has 0 atom stereocenters. The number of anilines is 1. The second kappa shape index (κ2) is 10.3. The smallest absolute Gasteiger partial charge is 0.374 e. The third-order valence-corrected chi connectivity index (χ3v) is 9.10. The van der Waals surface area contributed by atoms with Crippen LogP contribution in [0.4, 0.5) is 10.1 Å². The molecule has 0 amide bonds. The Morgan fingerprint density at radius 2 is 1.70 bits per heavy atom. The van der Waals surface area contributed by atoms with Crippen molar-refractivity contribution in [3.8, 4) is 0 Å². The minimum atomic E-state index is -0.255. The molecule has 1 aliphatic carbocycles. The summed E-state index contributed by atoms with van der Waals surface area (Å²) in [4.78, 5) is 17.1. The van der Waals surface area contributed by atoms with Crippen LogP contribution in [-0.4, -0.2) is 12.3 Å². The Balaban J connectivity index is 1.46. The zero-order valence-corrected chi connectivity index (χ0v) is 24.0. The normalized spacial score (nSPS) is 18.2. The Hall–Kier alpha value is -3.90. The lowest BCUT2D eigenvalue weighted by Gasteiger charge is -2.29. The summed E-state index contributed by atoms with van der Waals surface area (Å²) in [6.07, 6.45) is 3.97. The number of halogens is 1. The van der Waals surface area contributed by atoms with Gasteiger partial charge in [-0.3, -0.25) is 4.79 Å². The summed E-state index contributed by atoms with van der Waals surface area (Å²) in [6.45, 7) is 10.2. The first-order chi connectivity index (χ1) is 19.3. The van der Waals surface area contributed by atoms with Crippen LogP contribution in [0.2, 0.25) is 0 Å². The first-order valence-corrected chi connectivity index (χ1v) is 14.7. The predicted octanol–water partition coefficient (Wildman–Crippen LogP) is 7.73. The summed E-state index contributed by atoms with van der Waals surface area (Å²) in [6, 6.07) is 22.9. The first kappa shape index (κ1) is 26.3. The summed E-state index contributed by atoms with van der Waals surface area (Å²) >= 11 is 1.61. The topological polar surface area (TPSA) is 37.3 Å². The molecule has 0 N–H and O–H groups in total. The summed E-state index contributed by atoms with van der Waals surface area (Å²) in [5, 5.41) is 0. The predicted molar refractivity (Wildman–Crippen MR) is 160 cm³/mol. The molecule has 1 aromatic heterocycles. The quantitative estimate of drug-likeness (QED) is 0.174. The molecular weight excluding hydrogens is 519 g/mol. The van der Waals surface area contributed by atoms with Crippen LogP contribution in [0.15, 0.2) is 105 Å². The molecule has 0 saturated carbocycles. The molecule has 0 radical (unpaired) electrons. The maximum Gasteiger partial charge on any atom is 0.374 e. The molecule has 4 nitrogen and oxygen atoms in total. The van der Waals surface area contributed by atoms with E-state index in [9.17, 15) is 9.18 Å². The molecular formula is C34H32FN2O2S+. The number of aryl methyl sites for hydroxylation is 1. The van der Waals surface area contributed by atoms with Crippen molar-refractivity contribution < 1.29 is 18.2 Å². The average molecular weight is 552 g/mol. The maximum absolute atomic E-state index is 13.8. The number of carbonyl (C=O) groups is 1. The van der Waals surface area contributed by atoms with E-state index in [0.717, 1.165) is 40.4 Å². The van der Waals surface area contributed by atoms with E-state index in [0.29, 0.717) is 22.8 Å². The van der Waals surface area contributed by atoms with E-state index in [1.165, 1.54) is 23.4 Å². The van der Waals surface area contributed by atoms with E-state index in [4.69, 9.17) is 4.42 Å². The molecule has 2 heterocycles. The number of ketones is 1. The van der Waals surface area contributed by atoms with E-state index >= 15 is 0 Å². The van der Waals surface area contributed by atoms with Gasteiger partial charge in [0.2, 0.25) is 5.58 Å². The maximum atomic E-state index is 13.8. The number of fused-ring (bicyclic) bond motifs is 2. The molecule has 6 heteroatoms. The van der Waals surface area contributed by atoms with Gasteiger partial charge >= 0.3 is 5.89 Å². The molecule has 0 spiro atoms. The number of likely N-dealkylation sites (N-methyl/N-ethyl adjacent to an activating group) is 1. The van der Waals surface area contributed by atoms with Gasteiger partial charge in [-0.05, 0) is 55.3 Å². The van der Waals surface area contributed by atoms with Crippen LogP contribution in [0.25, 0.3) is 17.2 Å². The summed E-state index contributed by atoms with van der Waals surface area (Å²) in [5.41, 5.74) is 7.48. The molecule has 4 aromatic rings. The van der Waals surface area contributed by atoms with Crippen LogP contribution >= 0.6 is 11.8 Å². The highest BCUT2D eigenvalue weighted by Gasteiger charge is 2.42. The second-order valence-electron chi connectivity index (χ2n) is 10.6. The van der Waals surface area contributed by atoms with Gasteiger partial charge in [0.1, 0.15) is 12.4 Å². The Labute approximate surface area is 238 Å². The Morgan fingerprint density at radius 1 is 0.975 bits per heavy atom. The third kappa shape index (κ3) is 4.31. The van der Waals surface area contributed by atoms with Crippen LogP contribution in [0.1, 0.15) is 44.7 Å². The number of para-hydroxylation sites is 3. The molecule has 2 aliphatic rings. The number of thioether (sulfide) groups is 1. The fraction of sp³-hybridized carbons (Fsp3) is 0.235. The Kier molecular flexibility index (Phi) is 6.75. The number of hydrogen-bond donors (Lipinski definition) is 0. The second-order valence-corrected chi connectivity index (χ2v) is 11.6.